The molecule has 4 heteroatoms. The van der Waals surface area contributed by atoms with Gasteiger partial charge in [-0.2, -0.15) is 0 Å². The fourth-order valence-electron chi connectivity index (χ4n) is 0.724. The number of hydrogen-bond donors (Lipinski definition) is 0. The molecule has 0 radical (unpaired) electrons. The van der Waals surface area contributed by atoms with Gasteiger partial charge in [0, 0.05) is 20.0 Å². The Morgan fingerprint density at radius 1 is 1.25 bits per heavy atom. The average molecular weight is 164 g/mol. The van der Waals surface area contributed by atoms with E-state index in [1.54, 1.807) is 0 Å². The highest BCUT2D eigenvalue weighted by molar-refractivity contribution is 5.94. The van der Waals surface area contributed by atoms with E-state index in [0.717, 1.165) is 0 Å². The summed E-state index contributed by atoms with van der Waals surface area (Å²) in [5.41, 5.74) is 0.273. The second-order valence-electron chi connectivity index (χ2n) is 2.38. The van der Waals surface area contributed by atoms with Crippen LogP contribution in [-0.4, -0.2) is 21.5 Å². The number of rotatable bonds is 2. The lowest BCUT2D eigenvalue weighted by Crippen LogP contribution is -2.05. The highest BCUT2D eigenvalue weighted by Crippen LogP contribution is 1.96. The first-order valence-electron chi connectivity index (χ1n) is 3.46. The molecule has 1 aromatic heterocycles. The van der Waals surface area contributed by atoms with Gasteiger partial charge in [0.25, 0.3) is 0 Å². The van der Waals surface area contributed by atoms with Crippen LogP contribution in [0.2, 0.25) is 0 Å². The highest BCUT2D eigenvalue weighted by atomic mass is 16.1. The van der Waals surface area contributed by atoms with Crippen LogP contribution in [0.15, 0.2) is 12.3 Å². The molecule has 0 saturated heterocycles. The van der Waals surface area contributed by atoms with E-state index in [1.807, 2.05) is 0 Å². The summed E-state index contributed by atoms with van der Waals surface area (Å²) in [7, 11) is 0. The Morgan fingerprint density at radius 3 is 2.42 bits per heavy atom. The van der Waals surface area contributed by atoms with Crippen LogP contribution in [0.1, 0.15) is 35.0 Å². The van der Waals surface area contributed by atoms with E-state index in [1.165, 1.54) is 26.1 Å². The van der Waals surface area contributed by atoms with Crippen molar-refractivity contribution < 1.29 is 9.59 Å². The van der Waals surface area contributed by atoms with Crippen LogP contribution in [-0.2, 0) is 0 Å². The van der Waals surface area contributed by atoms with Crippen LogP contribution in [0.4, 0.5) is 0 Å². The number of carbonyl (C=O) groups is 2. The van der Waals surface area contributed by atoms with Gasteiger partial charge in [-0.25, -0.2) is 9.97 Å². The predicted molar refractivity (Wildman–Crippen MR) is 42.0 cm³/mol. The van der Waals surface area contributed by atoms with Crippen molar-refractivity contribution in [2.24, 2.45) is 0 Å². The summed E-state index contributed by atoms with van der Waals surface area (Å²) >= 11 is 0. The molecule has 0 aliphatic rings. The second-order valence-corrected chi connectivity index (χ2v) is 2.38. The Hall–Kier alpha value is -1.58. The Labute approximate surface area is 69.7 Å². The van der Waals surface area contributed by atoms with E-state index in [4.69, 9.17) is 0 Å². The third kappa shape index (κ3) is 1.72. The maximum atomic E-state index is 10.8. The first-order chi connectivity index (χ1) is 5.61. The summed E-state index contributed by atoms with van der Waals surface area (Å²) in [5.74, 6) is -0.319. The minimum absolute atomic E-state index is 0.0858. The maximum absolute atomic E-state index is 10.8. The van der Waals surface area contributed by atoms with Gasteiger partial charge in [0.15, 0.2) is 17.4 Å². The molecule has 4 nitrogen and oxygen atoms in total. The molecule has 0 aliphatic carbocycles. The van der Waals surface area contributed by atoms with Gasteiger partial charge in [0.1, 0.15) is 5.69 Å². The largest absolute Gasteiger partial charge is 0.293 e. The molecule has 1 heterocycles. The van der Waals surface area contributed by atoms with Crippen molar-refractivity contribution in [3.63, 3.8) is 0 Å². The lowest BCUT2D eigenvalue weighted by atomic mass is 10.3. The standard InChI is InChI=1S/C8H8N2O2/c1-5(11)7-3-4-9-8(10-7)6(2)12/h3-4H,1-2H3. The van der Waals surface area contributed by atoms with E-state index in [-0.39, 0.29) is 23.1 Å². The minimum Gasteiger partial charge on any atom is -0.293 e. The zero-order chi connectivity index (χ0) is 9.14. The van der Waals surface area contributed by atoms with Gasteiger partial charge in [-0.1, -0.05) is 0 Å². The molecule has 0 bridgehead atoms. The maximum Gasteiger partial charge on any atom is 0.196 e. The Morgan fingerprint density at radius 2 is 1.92 bits per heavy atom. The van der Waals surface area contributed by atoms with Crippen molar-refractivity contribution in [2.45, 2.75) is 13.8 Å². The van der Waals surface area contributed by atoms with Crippen LogP contribution in [0.5, 0.6) is 0 Å². The van der Waals surface area contributed by atoms with Crippen molar-refractivity contribution in [1.82, 2.24) is 9.97 Å². The van der Waals surface area contributed by atoms with Crippen LogP contribution in [0.3, 0.4) is 0 Å². The number of ketones is 2. The third-order valence-electron chi connectivity index (χ3n) is 1.33. The number of Topliss-reactive ketones (excluding diaryl/α,β-unsaturated/α-hetero) is 2. The van der Waals surface area contributed by atoms with Crippen LogP contribution in [0.25, 0.3) is 0 Å². The van der Waals surface area contributed by atoms with Crippen molar-refractivity contribution in [3.8, 4) is 0 Å². The molecule has 62 valence electrons. The summed E-state index contributed by atoms with van der Waals surface area (Å²) in [5, 5.41) is 0. The van der Waals surface area contributed by atoms with E-state index < -0.39 is 0 Å². The van der Waals surface area contributed by atoms with Gasteiger partial charge in [-0.15, -0.1) is 0 Å². The summed E-state index contributed by atoms with van der Waals surface area (Å²) in [6.45, 7) is 2.76. The molecular weight excluding hydrogens is 156 g/mol. The quantitative estimate of drug-likeness (QED) is 0.609. The summed E-state index contributed by atoms with van der Waals surface area (Å²) < 4.78 is 0. The molecule has 12 heavy (non-hydrogen) atoms. The Kier molecular flexibility index (Phi) is 2.28. The monoisotopic (exact) mass is 164 g/mol. The van der Waals surface area contributed by atoms with Gasteiger partial charge in [-0.05, 0) is 6.07 Å². The third-order valence-corrected chi connectivity index (χ3v) is 1.33. The van der Waals surface area contributed by atoms with Crippen molar-refractivity contribution in [2.75, 3.05) is 0 Å². The fraction of sp³-hybridized carbons (Fsp3) is 0.250. The summed E-state index contributed by atoms with van der Waals surface area (Å²) in [6, 6.07) is 1.48. The average Bonchev–Trinajstić information content (AvgIpc) is 2.04. The first-order valence-corrected chi connectivity index (χ1v) is 3.46. The van der Waals surface area contributed by atoms with Gasteiger partial charge in [0.2, 0.25) is 0 Å². The lowest BCUT2D eigenvalue weighted by Gasteiger charge is -1.95. The van der Waals surface area contributed by atoms with Crippen LogP contribution >= 0.6 is 0 Å². The van der Waals surface area contributed by atoms with Crippen LogP contribution < -0.4 is 0 Å². The Balaban J connectivity index is 3.12. The minimum atomic E-state index is -0.238. The Bertz CT molecular complexity index is 304. The molecule has 1 aromatic rings. The van der Waals surface area contributed by atoms with Crippen LogP contribution in [0, 0.1) is 0 Å². The molecule has 0 N–H and O–H groups in total. The number of aromatic nitrogens is 2. The molecule has 0 aromatic carbocycles. The van der Waals surface area contributed by atoms with Gasteiger partial charge >= 0.3 is 0 Å². The van der Waals surface area contributed by atoms with Gasteiger partial charge in [0.05, 0.1) is 0 Å². The summed E-state index contributed by atoms with van der Waals surface area (Å²) in [4.78, 5) is 29.1. The first kappa shape index (κ1) is 8.52. The molecule has 0 atom stereocenters. The second kappa shape index (κ2) is 3.21. The molecule has 0 amide bonds. The summed E-state index contributed by atoms with van der Waals surface area (Å²) in [6.07, 6.45) is 1.40. The molecule has 0 aliphatic heterocycles. The molecule has 1 rings (SSSR count). The highest BCUT2D eigenvalue weighted by Gasteiger charge is 2.05. The number of hydrogen-bond acceptors (Lipinski definition) is 4. The zero-order valence-corrected chi connectivity index (χ0v) is 6.87. The zero-order valence-electron chi connectivity index (χ0n) is 6.87. The topological polar surface area (TPSA) is 59.9 Å². The number of nitrogens with zero attached hydrogens (tertiary/aromatic N) is 2. The van der Waals surface area contributed by atoms with E-state index in [0.29, 0.717) is 0 Å². The van der Waals surface area contributed by atoms with Crippen molar-refractivity contribution in [1.29, 1.82) is 0 Å². The molecule has 0 unspecified atom stereocenters. The SMILES string of the molecule is CC(=O)c1ccnc(C(C)=O)n1. The van der Waals surface area contributed by atoms with E-state index in [9.17, 15) is 9.59 Å². The van der Waals surface area contributed by atoms with E-state index >= 15 is 0 Å². The normalized spacial score (nSPS) is 9.50. The molecular formula is C8H8N2O2. The number of carbonyl (C=O) groups excluding carboxylic acids is 2. The molecule has 0 saturated carbocycles. The smallest absolute Gasteiger partial charge is 0.196 e. The van der Waals surface area contributed by atoms with Gasteiger partial charge in [-0.3, -0.25) is 9.59 Å². The predicted octanol–water partition coefficient (Wildman–Crippen LogP) is 0.882. The van der Waals surface area contributed by atoms with Crippen molar-refractivity contribution >= 4 is 11.6 Å². The lowest BCUT2D eigenvalue weighted by molar-refractivity contribution is 0.100. The van der Waals surface area contributed by atoms with Gasteiger partial charge < -0.3 is 0 Å². The van der Waals surface area contributed by atoms with E-state index in [2.05, 4.69) is 9.97 Å². The van der Waals surface area contributed by atoms with Crippen molar-refractivity contribution in [3.05, 3.63) is 23.8 Å². The molecule has 0 fully saturated rings. The molecule has 0 spiro atoms. The fourth-order valence-corrected chi connectivity index (χ4v) is 0.724.